The van der Waals surface area contributed by atoms with Gasteiger partial charge in [0.2, 0.25) is 5.89 Å². The molecule has 28 heavy (non-hydrogen) atoms. The molecule has 0 bridgehead atoms. The van der Waals surface area contributed by atoms with Crippen LogP contribution in [0, 0.1) is 6.92 Å². The number of para-hydroxylation sites is 3. The van der Waals surface area contributed by atoms with Gasteiger partial charge in [0.25, 0.3) is 5.91 Å². The lowest BCUT2D eigenvalue weighted by Crippen LogP contribution is -2.13. The number of nitrogens with one attached hydrogen (secondary N) is 1. The van der Waals surface area contributed by atoms with Crippen molar-refractivity contribution in [2.24, 2.45) is 0 Å². The summed E-state index contributed by atoms with van der Waals surface area (Å²) in [5.41, 5.74) is 3.51. The summed E-state index contributed by atoms with van der Waals surface area (Å²) in [5, 5.41) is 13.1. The van der Waals surface area contributed by atoms with Crippen LogP contribution in [0.1, 0.15) is 15.9 Å². The molecule has 1 heterocycles. The first-order valence-electron chi connectivity index (χ1n) is 8.70. The Morgan fingerprint density at radius 3 is 2.71 bits per heavy atom. The van der Waals surface area contributed by atoms with Crippen molar-refractivity contribution in [2.45, 2.75) is 6.92 Å². The molecule has 6 heteroatoms. The van der Waals surface area contributed by atoms with Gasteiger partial charge >= 0.3 is 0 Å². The van der Waals surface area contributed by atoms with Crippen LogP contribution in [0.2, 0.25) is 0 Å². The predicted molar refractivity (Wildman–Crippen MR) is 107 cm³/mol. The van der Waals surface area contributed by atoms with Gasteiger partial charge in [0.05, 0.1) is 18.2 Å². The molecule has 0 fully saturated rings. The Morgan fingerprint density at radius 1 is 1.11 bits per heavy atom. The number of hydrogen-bond acceptors (Lipinski definition) is 5. The number of nitrogens with zero attached hydrogens (tertiary/aromatic N) is 1. The standard InChI is InChI=1S/C22H18N2O4/c1-13-6-5-7-15(20(13)27-2)21(26)23-14-10-11-18(25)16(12-14)22-24-17-8-3-4-9-19(17)28-22/h3-12,25H,1-2H3,(H,23,26). The zero-order valence-corrected chi connectivity index (χ0v) is 15.4. The second kappa shape index (κ2) is 7.08. The number of ether oxygens (including phenoxy) is 1. The summed E-state index contributed by atoms with van der Waals surface area (Å²) in [7, 11) is 1.53. The van der Waals surface area contributed by atoms with Crippen molar-refractivity contribution < 1.29 is 19.1 Å². The van der Waals surface area contributed by atoms with E-state index in [1.54, 1.807) is 30.3 Å². The molecule has 0 spiro atoms. The molecule has 4 aromatic rings. The van der Waals surface area contributed by atoms with E-state index >= 15 is 0 Å². The largest absolute Gasteiger partial charge is 0.507 e. The smallest absolute Gasteiger partial charge is 0.259 e. The van der Waals surface area contributed by atoms with Crippen LogP contribution >= 0.6 is 0 Å². The van der Waals surface area contributed by atoms with Gasteiger partial charge in [0.15, 0.2) is 5.58 Å². The first-order valence-corrected chi connectivity index (χ1v) is 8.70. The minimum absolute atomic E-state index is 0.0118. The van der Waals surface area contributed by atoms with E-state index in [4.69, 9.17) is 9.15 Å². The van der Waals surface area contributed by atoms with Crippen LogP contribution in [0.5, 0.6) is 11.5 Å². The van der Waals surface area contributed by atoms with Crippen molar-refractivity contribution in [1.29, 1.82) is 0 Å². The fraction of sp³-hybridized carbons (Fsp3) is 0.0909. The number of anilines is 1. The SMILES string of the molecule is COc1c(C)cccc1C(=O)Nc1ccc(O)c(-c2nc3ccccc3o2)c1. The molecule has 0 aliphatic rings. The molecule has 2 N–H and O–H groups in total. The topological polar surface area (TPSA) is 84.6 Å². The van der Waals surface area contributed by atoms with Gasteiger partial charge in [0, 0.05) is 5.69 Å². The van der Waals surface area contributed by atoms with E-state index in [9.17, 15) is 9.90 Å². The number of methoxy groups -OCH3 is 1. The molecular formula is C22H18N2O4. The quantitative estimate of drug-likeness (QED) is 0.503. The second-order valence-electron chi connectivity index (χ2n) is 6.33. The zero-order valence-electron chi connectivity index (χ0n) is 15.4. The summed E-state index contributed by atoms with van der Waals surface area (Å²) in [6.07, 6.45) is 0. The molecule has 0 saturated carbocycles. The highest BCUT2D eigenvalue weighted by Crippen LogP contribution is 2.33. The lowest BCUT2D eigenvalue weighted by molar-refractivity contribution is 0.102. The van der Waals surface area contributed by atoms with Crippen LogP contribution in [0.3, 0.4) is 0 Å². The summed E-state index contributed by atoms with van der Waals surface area (Å²) in [6, 6.07) is 17.4. The van der Waals surface area contributed by atoms with E-state index in [1.165, 1.54) is 13.2 Å². The number of rotatable bonds is 4. The summed E-state index contributed by atoms with van der Waals surface area (Å²) in [5.74, 6) is 0.508. The number of phenols is 1. The van der Waals surface area contributed by atoms with Crippen molar-refractivity contribution in [2.75, 3.05) is 12.4 Å². The predicted octanol–water partition coefficient (Wildman–Crippen LogP) is 4.77. The molecule has 0 atom stereocenters. The molecular weight excluding hydrogens is 356 g/mol. The molecule has 0 unspecified atom stereocenters. The molecule has 4 rings (SSSR count). The fourth-order valence-corrected chi connectivity index (χ4v) is 3.07. The molecule has 0 radical (unpaired) electrons. The van der Waals surface area contributed by atoms with Crippen molar-refractivity contribution in [3.63, 3.8) is 0 Å². The Morgan fingerprint density at radius 2 is 1.93 bits per heavy atom. The monoisotopic (exact) mass is 374 g/mol. The molecule has 140 valence electrons. The Kier molecular flexibility index (Phi) is 4.45. The van der Waals surface area contributed by atoms with Crippen LogP contribution in [-0.4, -0.2) is 23.1 Å². The maximum atomic E-state index is 12.7. The average Bonchev–Trinajstić information content (AvgIpc) is 3.13. The van der Waals surface area contributed by atoms with E-state index in [0.29, 0.717) is 33.7 Å². The van der Waals surface area contributed by atoms with Gasteiger partial charge < -0.3 is 19.6 Å². The van der Waals surface area contributed by atoms with Crippen molar-refractivity contribution in [3.8, 4) is 23.0 Å². The number of oxazole rings is 1. The van der Waals surface area contributed by atoms with E-state index in [1.807, 2.05) is 31.2 Å². The lowest BCUT2D eigenvalue weighted by atomic mass is 10.1. The van der Waals surface area contributed by atoms with Crippen LogP contribution in [0.25, 0.3) is 22.6 Å². The summed E-state index contributed by atoms with van der Waals surface area (Å²) in [6.45, 7) is 1.88. The van der Waals surface area contributed by atoms with Gasteiger partial charge in [-0.2, -0.15) is 0 Å². The highest BCUT2D eigenvalue weighted by Gasteiger charge is 2.17. The third-order valence-electron chi connectivity index (χ3n) is 4.44. The Hall–Kier alpha value is -3.80. The third-order valence-corrected chi connectivity index (χ3v) is 4.44. The minimum Gasteiger partial charge on any atom is -0.507 e. The maximum absolute atomic E-state index is 12.7. The van der Waals surface area contributed by atoms with Crippen LogP contribution in [0.15, 0.2) is 65.1 Å². The van der Waals surface area contributed by atoms with Crippen LogP contribution < -0.4 is 10.1 Å². The number of fused-ring (bicyclic) bond motifs is 1. The number of amides is 1. The Bertz CT molecular complexity index is 1150. The molecule has 1 aromatic heterocycles. The average molecular weight is 374 g/mol. The first kappa shape index (κ1) is 17.6. The van der Waals surface area contributed by atoms with E-state index in [-0.39, 0.29) is 17.5 Å². The van der Waals surface area contributed by atoms with Crippen LogP contribution in [-0.2, 0) is 0 Å². The van der Waals surface area contributed by atoms with E-state index < -0.39 is 0 Å². The summed E-state index contributed by atoms with van der Waals surface area (Å²) >= 11 is 0. The molecule has 1 amide bonds. The zero-order chi connectivity index (χ0) is 19.7. The van der Waals surface area contributed by atoms with E-state index in [0.717, 1.165) is 5.56 Å². The number of carbonyl (C=O) groups is 1. The Labute approximate surface area is 161 Å². The number of benzene rings is 3. The lowest BCUT2D eigenvalue weighted by Gasteiger charge is -2.12. The van der Waals surface area contributed by atoms with Gasteiger partial charge in [-0.15, -0.1) is 0 Å². The highest BCUT2D eigenvalue weighted by molar-refractivity contribution is 6.06. The molecule has 0 aliphatic carbocycles. The van der Waals surface area contributed by atoms with Gasteiger partial charge in [-0.25, -0.2) is 4.98 Å². The molecule has 3 aromatic carbocycles. The van der Waals surface area contributed by atoms with Crippen LogP contribution in [0.4, 0.5) is 5.69 Å². The number of aromatic nitrogens is 1. The summed E-state index contributed by atoms with van der Waals surface area (Å²) < 4.78 is 11.1. The minimum atomic E-state index is -0.310. The van der Waals surface area contributed by atoms with Crippen molar-refractivity contribution >= 4 is 22.7 Å². The number of aryl methyl sites for hydroxylation is 1. The van der Waals surface area contributed by atoms with E-state index in [2.05, 4.69) is 10.3 Å². The number of aromatic hydroxyl groups is 1. The Balaban J connectivity index is 1.68. The third kappa shape index (κ3) is 3.16. The molecule has 6 nitrogen and oxygen atoms in total. The molecule has 0 aliphatic heterocycles. The normalized spacial score (nSPS) is 10.8. The fourth-order valence-electron chi connectivity index (χ4n) is 3.07. The van der Waals surface area contributed by atoms with Gasteiger partial charge in [-0.1, -0.05) is 24.3 Å². The van der Waals surface area contributed by atoms with Gasteiger partial charge in [-0.3, -0.25) is 4.79 Å². The van der Waals surface area contributed by atoms with Gasteiger partial charge in [-0.05, 0) is 48.9 Å². The number of carbonyl (C=O) groups excluding carboxylic acids is 1. The second-order valence-corrected chi connectivity index (χ2v) is 6.33. The van der Waals surface area contributed by atoms with Gasteiger partial charge in [0.1, 0.15) is 17.0 Å². The van der Waals surface area contributed by atoms with Crippen molar-refractivity contribution in [1.82, 2.24) is 4.98 Å². The summed E-state index contributed by atoms with van der Waals surface area (Å²) in [4.78, 5) is 17.1. The maximum Gasteiger partial charge on any atom is 0.259 e. The molecule has 0 saturated heterocycles. The highest BCUT2D eigenvalue weighted by atomic mass is 16.5. The number of hydrogen-bond donors (Lipinski definition) is 2. The number of phenolic OH excluding ortho intramolecular Hbond substituents is 1. The van der Waals surface area contributed by atoms with Crippen molar-refractivity contribution in [3.05, 3.63) is 71.8 Å². The first-order chi connectivity index (χ1) is 13.6.